The summed E-state index contributed by atoms with van der Waals surface area (Å²) >= 11 is 0. The number of nitrogens with two attached hydrogens (primary N) is 1. The fourth-order valence-electron chi connectivity index (χ4n) is 1.99. The van der Waals surface area contributed by atoms with Crippen LogP contribution in [0.3, 0.4) is 0 Å². The predicted octanol–water partition coefficient (Wildman–Crippen LogP) is 3.72. The first-order valence-electron chi connectivity index (χ1n) is 6.16. The third-order valence-electron chi connectivity index (χ3n) is 2.90. The Balaban J connectivity index is 2.36. The van der Waals surface area contributed by atoms with Gasteiger partial charge in [-0.1, -0.05) is 18.2 Å². The van der Waals surface area contributed by atoms with Crippen LogP contribution >= 0.6 is 0 Å². The normalized spacial score (nSPS) is 11.3. The summed E-state index contributed by atoms with van der Waals surface area (Å²) in [5.41, 5.74) is 7.75. The molecule has 0 fully saturated rings. The molecule has 0 aromatic heterocycles. The number of hydrogen-bond acceptors (Lipinski definition) is 3. The van der Waals surface area contributed by atoms with E-state index in [-0.39, 0.29) is 12.3 Å². The van der Waals surface area contributed by atoms with Crippen LogP contribution in [0.4, 0.5) is 13.2 Å². The smallest absolute Gasteiger partial charge is 0.496 e. The molecule has 0 aliphatic carbocycles. The molecule has 0 atom stereocenters. The highest BCUT2D eigenvalue weighted by molar-refractivity contribution is 5.67. The molecule has 0 aliphatic heterocycles. The number of hydrogen-bond donors (Lipinski definition) is 1. The maximum atomic E-state index is 12.2. The average molecular weight is 297 g/mol. The number of alkyl halides is 3. The molecule has 2 rings (SSSR count). The first-order chi connectivity index (χ1) is 9.93. The summed E-state index contributed by atoms with van der Waals surface area (Å²) in [5, 5.41) is 0. The van der Waals surface area contributed by atoms with Crippen LogP contribution in [-0.4, -0.2) is 13.5 Å². The summed E-state index contributed by atoms with van der Waals surface area (Å²) in [7, 11) is 1.53. The largest absolute Gasteiger partial charge is 0.573 e. The number of ether oxygens (including phenoxy) is 2. The highest BCUT2D eigenvalue weighted by Gasteiger charge is 2.31. The van der Waals surface area contributed by atoms with Gasteiger partial charge in [-0.3, -0.25) is 0 Å². The van der Waals surface area contributed by atoms with Crippen molar-refractivity contribution in [1.82, 2.24) is 0 Å². The SMILES string of the molecule is COc1ccc(-c2cccc(OC(F)(F)F)c2)cc1CN. The number of rotatable bonds is 4. The van der Waals surface area contributed by atoms with Crippen molar-refractivity contribution in [1.29, 1.82) is 0 Å². The standard InChI is InChI=1S/C15H14F3NO2/c1-20-14-6-5-11(7-12(14)9-19)10-3-2-4-13(8-10)21-15(16,17)18/h2-8H,9,19H2,1H3. The van der Waals surface area contributed by atoms with Gasteiger partial charge in [-0.15, -0.1) is 13.2 Å². The third-order valence-corrected chi connectivity index (χ3v) is 2.90. The van der Waals surface area contributed by atoms with E-state index < -0.39 is 6.36 Å². The Labute approximate surface area is 120 Å². The van der Waals surface area contributed by atoms with Gasteiger partial charge in [0.15, 0.2) is 0 Å². The lowest BCUT2D eigenvalue weighted by Gasteiger charge is -2.12. The van der Waals surface area contributed by atoms with Crippen molar-refractivity contribution >= 4 is 0 Å². The molecule has 6 heteroatoms. The monoisotopic (exact) mass is 297 g/mol. The van der Waals surface area contributed by atoms with Crippen molar-refractivity contribution in [2.24, 2.45) is 5.73 Å². The minimum atomic E-state index is -4.71. The maximum Gasteiger partial charge on any atom is 0.573 e. The Morgan fingerprint density at radius 2 is 1.76 bits per heavy atom. The van der Waals surface area contributed by atoms with Gasteiger partial charge in [0.1, 0.15) is 11.5 Å². The second kappa shape index (κ2) is 6.05. The van der Waals surface area contributed by atoms with E-state index in [1.807, 2.05) is 0 Å². The van der Waals surface area contributed by atoms with Gasteiger partial charge < -0.3 is 15.2 Å². The zero-order valence-electron chi connectivity index (χ0n) is 11.3. The zero-order chi connectivity index (χ0) is 15.5. The Kier molecular flexibility index (Phi) is 4.37. The first-order valence-corrected chi connectivity index (χ1v) is 6.16. The fourth-order valence-corrected chi connectivity index (χ4v) is 1.99. The Morgan fingerprint density at radius 3 is 2.38 bits per heavy atom. The molecule has 0 amide bonds. The molecule has 0 aliphatic rings. The highest BCUT2D eigenvalue weighted by Crippen LogP contribution is 2.30. The number of methoxy groups -OCH3 is 1. The summed E-state index contributed by atoms with van der Waals surface area (Å²) in [6.07, 6.45) is -4.71. The van der Waals surface area contributed by atoms with E-state index in [1.54, 1.807) is 24.3 Å². The first kappa shape index (κ1) is 15.2. The quantitative estimate of drug-likeness (QED) is 0.935. The summed E-state index contributed by atoms with van der Waals surface area (Å²) in [5.74, 6) is 0.383. The molecule has 3 nitrogen and oxygen atoms in total. The zero-order valence-corrected chi connectivity index (χ0v) is 11.3. The average Bonchev–Trinajstić information content (AvgIpc) is 2.45. The second-order valence-electron chi connectivity index (χ2n) is 4.31. The molecular weight excluding hydrogens is 283 g/mol. The van der Waals surface area contributed by atoms with E-state index in [9.17, 15) is 13.2 Å². The van der Waals surface area contributed by atoms with Gasteiger partial charge in [-0.05, 0) is 35.4 Å². The molecule has 0 radical (unpaired) electrons. The topological polar surface area (TPSA) is 44.5 Å². The highest BCUT2D eigenvalue weighted by atomic mass is 19.4. The van der Waals surface area contributed by atoms with Crippen LogP contribution in [-0.2, 0) is 6.54 Å². The van der Waals surface area contributed by atoms with Crippen LogP contribution in [0.15, 0.2) is 42.5 Å². The van der Waals surface area contributed by atoms with E-state index in [0.29, 0.717) is 11.3 Å². The molecule has 0 bridgehead atoms. The van der Waals surface area contributed by atoms with E-state index >= 15 is 0 Å². The van der Waals surface area contributed by atoms with E-state index in [2.05, 4.69) is 4.74 Å². The Bertz CT molecular complexity index is 627. The molecule has 0 saturated heterocycles. The van der Waals surface area contributed by atoms with Crippen molar-refractivity contribution in [2.75, 3.05) is 7.11 Å². The molecule has 21 heavy (non-hydrogen) atoms. The Morgan fingerprint density at radius 1 is 1.05 bits per heavy atom. The molecule has 0 saturated carbocycles. The Hall–Kier alpha value is -2.21. The lowest BCUT2D eigenvalue weighted by atomic mass is 10.0. The van der Waals surface area contributed by atoms with Gasteiger partial charge in [-0.25, -0.2) is 0 Å². The number of benzene rings is 2. The molecular formula is C15H14F3NO2. The molecule has 0 spiro atoms. The molecule has 112 valence electrons. The van der Waals surface area contributed by atoms with Gasteiger partial charge in [0, 0.05) is 12.1 Å². The van der Waals surface area contributed by atoms with Crippen molar-refractivity contribution in [3.63, 3.8) is 0 Å². The van der Waals surface area contributed by atoms with E-state index in [0.717, 1.165) is 11.1 Å². The molecule has 0 heterocycles. The molecule has 2 N–H and O–H groups in total. The fraction of sp³-hybridized carbons (Fsp3) is 0.200. The third kappa shape index (κ3) is 3.88. The van der Waals surface area contributed by atoms with Gasteiger partial charge in [0.25, 0.3) is 0 Å². The molecule has 2 aromatic carbocycles. The van der Waals surface area contributed by atoms with Crippen molar-refractivity contribution in [3.8, 4) is 22.6 Å². The molecule has 2 aromatic rings. The minimum absolute atomic E-state index is 0.259. The van der Waals surface area contributed by atoms with Crippen molar-refractivity contribution in [2.45, 2.75) is 12.9 Å². The summed E-state index contributed by atoms with van der Waals surface area (Å²) in [6.45, 7) is 0.274. The van der Waals surface area contributed by atoms with E-state index in [1.165, 1.54) is 25.3 Å². The van der Waals surface area contributed by atoms with E-state index in [4.69, 9.17) is 10.5 Å². The second-order valence-corrected chi connectivity index (χ2v) is 4.31. The summed E-state index contributed by atoms with van der Waals surface area (Å²) in [6, 6.07) is 11.1. The van der Waals surface area contributed by atoms with Crippen LogP contribution in [0, 0.1) is 0 Å². The van der Waals surface area contributed by atoms with Gasteiger partial charge in [0.2, 0.25) is 0 Å². The van der Waals surface area contributed by atoms with Crippen LogP contribution in [0.5, 0.6) is 11.5 Å². The molecule has 0 unspecified atom stereocenters. The minimum Gasteiger partial charge on any atom is -0.496 e. The van der Waals surface area contributed by atoms with Gasteiger partial charge in [-0.2, -0.15) is 0 Å². The van der Waals surface area contributed by atoms with Crippen LogP contribution < -0.4 is 15.2 Å². The van der Waals surface area contributed by atoms with Gasteiger partial charge >= 0.3 is 6.36 Å². The lowest BCUT2D eigenvalue weighted by Crippen LogP contribution is -2.17. The van der Waals surface area contributed by atoms with Crippen molar-refractivity contribution in [3.05, 3.63) is 48.0 Å². The van der Waals surface area contributed by atoms with Gasteiger partial charge in [0.05, 0.1) is 7.11 Å². The predicted molar refractivity (Wildman–Crippen MR) is 73.0 cm³/mol. The lowest BCUT2D eigenvalue weighted by molar-refractivity contribution is -0.274. The van der Waals surface area contributed by atoms with Crippen molar-refractivity contribution < 1.29 is 22.6 Å². The maximum absolute atomic E-state index is 12.2. The van der Waals surface area contributed by atoms with Crippen LogP contribution in [0.25, 0.3) is 11.1 Å². The van der Waals surface area contributed by atoms with Crippen LogP contribution in [0.2, 0.25) is 0 Å². The summed E-state index contributed by atoms with van der Waals surface area (Å²) < 4.78 is 45.8. The van der Waals surface area contributed by atoms with Crippen LogP contribution in [0.1, 0.15) is 5.56 Å². The summed E-state index contributed by atoms with van der Waals surface area (Å²) in [4.78, 5) is 0. The number of halogens is 3.